The number of carboxylic acid groups (broad SMARTS) is 1. The quantitative estimate of drug-likeness (QED) is 0.194. The first-order chi connectivity index (χ1) is 13.2. The Morgan fingerprint density at radius 1 is 1.29 bits per heavy atom. The van der Waals surface area contributed by atoms with Crippen molar-refractivity contribution >= 4 is 5.97 Å². The first kappa shape index (κ1) is 21.2. The average Bonchev–Trinajstić information content (AvgIpc) is 2.64. The fraction of sp³-hybridized carbons (Fsp3) is 0.412. The summed E-state index contributed by atoms with van der Waals surface area (Å²) in [7, 11) is 0. The van der Waals surface area contributed by atoms with Crippen LogP contribution in [0.3, 0.4) is 0 Å². The summed E-state index contributed by atoms with van der Waals surface area (Å²) < 4.78 is 47.1. The zero-order chi connectivity index (χ0) is 20.7. The summed E-state index contributed by atoms with van der Waals surface area (Å²) in [6, 6.07) is 2.42. The van der Waals surface area contributed by atoms with E-state index in [0.717, 1.165) is 32.1 Å². The summed E-state index contributed by atoms with van der Waals surface area (Å²) in [6.07, 6.45) is -0.0365. The molecule has 1 fully saturated rings. The van der Waals surface area contributed by atoms with Gasteiger partial charge in [-0.05, 0) is 18.9 Å². The minimum absolute atomic E-state index is 0.0762. The largest absolute Gasteiger partial charge is 0.574 e. The number of pyridine rings is 1. The summed E-state index contributed by atoms with van der Waals surface area (Å²) in [5.74, 6) is 7.47. The molecule has 2 rings (SSSR count). The van der Waals surface area contributed by atoms with E-state index in [1.54, 1.807) is 0 Å². The van der Waals surface area contributed by atoms with E-state index in [1.807, 2.05) is 5.43 Å². The van der Waals surface area contributed by atoms with E-state index in [1.165, 1.54) is 12.1 Å². The molecule has 0 aliphatic heterocycles. The minimum atomic E-state index is -5.00. The number of aliphatic carboxylic acids is 1. The maximum absolute atomic E-state index is 12.7. The molecule has 0 radical (unpaired) electrons. The predicted octanol–water partition coefficient (Wildman–Crippen LogP) is 1.97. The summed E-state index contributed by atoms with van der Waals surface area (Å²) in [6.45, 7) is 0. The molecule has 0 spiro atoms. The third kappa shape index (κ3) is 6.24. The van der Waals surface area contributed by atoms with E-state index in [9.17, 15) is 18.0 Å². The standard InChI is InChI=1S/C17H19F3N4O4/c18-17(19,20)28-14-11(7-6-10-4-2-1-3-5-10)8-9-12(23-14)27-15(24-22)13(21)16(25)26/h8-10,24H,1-5,21-22H2,(H,25,26)/b15-13+. The number of halogens is 3. The molecule has 0 amide bonds. The number of ether oxygens (including phenoxy) is 2. The number of nitrogens with zero attached hydrogens (tertiary/aromatic N) is 1. The van der Waals surface area contributed by atoms with Crippen LogP contribution in [-0.4, -0.2) is 22.4 Å². The van der Waals surface area contributed by atoms with Gasteiger partial charge in [0.05, 0.1) is 5.56 Å². The lowest BCUT2D eigenvalue weighted by molar-refractivity contribution is -0.276. The van der Waals surface area contributed by atoms with E-state index in [-0.39, 0.29) is 11.5 Å². The van der Waals surface area contributed by atoms with Crippen LogP contribution in [0.1, 0.15) is 37.7 Å². The SMILES string of the molecule is NN/C(Oc1ccc(C#CC2CCCCC2)c(OC(F)(F)F)n1)=C(\N)C(=O)O. The van der Waals surface area contributed by atoms with Crippen molar-refractivity contribution in [2.24, 2.45) is 17.5 Å². The molecule has 0 bridgehead atoms. The molecular formula is C17H19F3N4O4. The van der Waals surface area contributed by atoms with E-state index in [2.05, 4.69) is 21.6 Å². The number of carbonyl (C=O) groups is 1. The van der Waals surface area contributed by atoms with Gasteiger partial charge in [-0.1, -0.05) is 31.1 Å². The molecule has 11 heteroatoms. The van der Waals surface area contributed by atoms with Crippen molar-refractivity contribution in [2.75, 3.05) is 0 Å². The van der Waals surface area contributed by atoms with Crippen molar-refractivity contribution in [3.63, 3.8) is 0 Å². The average molecular weight is 400 g/mol. The molecular weight excluding hydrogens is 381 g/mol. The number of hydrogen-bond donors (Lipinski definition) is 4. The van der Waals surface area contributed by atoms with Gasteiger partial charge in [0.25, 0.3) is 0 Å². The number of nitrogens with one attached hydrogen (secondary N) is 1. The molecule has 1 aliphatic carbocycles. The molecule has 6 N–H and O–H groups in total. The Bertz CT molecular complexity index is 809. The summed E-state index contributed by atoms with van der Waals surface area (Å²) in [5.41, 5.74) is 6.31. The highest BCUT2D eigenvalue weighted by Crippen LogP contribution is 2.28. The van der Waals surface area contributed by atoms with Gasteiger partial charge in [0.2, 0.25) is 17.6 Å². The van der Waals surface area contributed by atoms with Gasteiger partial charge in [-0.25, -0.2) is 10.6 Å². The molecule has 0 aromatic carbocycles. The number of alkyl halides is 3. The lowest BCUT2D eigenvalue weighted by atomic mass is 9.90. The maximum Gasteiger partial charge on any atom is 0.574 e. The minimum Gasteiger partial charge on any atom is -0.476 e. The fourth-order valence-corrected chi connectivity index (χ4v) is 2.55. The molecule has 152 valence electrons. The van der Waals surface area contributed by atoms with Crippen molar-refractivity contribution in [1.29, 1.82) is 0 Å². The number of rotatable bonds is 5. The number of carboxylic acids is 1. The molecule has 0 atom stereocenters. The van der Waals surface area contributed by atoms with Crippen LogP contribution in [0.5, 0.6) is 11.8 Å². The van der Waals surface area contributed by atoms with Crippen molar-refractivity contribution < 1.29 is 32.5 Å². The second kappa shape index (κ2) is 9.18. The van der Waals surface area contributed by atoms with Crippen LogP contribution in [0.25, 0.3) is 0 Å². The van der Waals surface area contributed by atoms with Crippen LogP contribution >= 0.6 is 0 Å². The Labute approximate surface area is 158 Å². The van der Waals surface area contributed by atoms with E-state index < -0.39 is 35.7 Å². The van der Waals surface area contributed by atoms with E-state index >= 15 is 0 Å². The van der Waals surface area contributed by atoms with Crippen LogP contribution in [0, 0.1) is 17.8 Å². The molecule has 1 aromatic rings. The number of hydrogen-bond acceptors (Lipinski definition) is 7. The summed E-state index contributed by atoms with van der Waals surface area (Å²) >= 11 is 0. The molecule has 1 heterocycles. The van der Waals surface area contributed by atoms with Crippen LogP contribution in [-0.2, 0) is 4.79 Å². The van der Waals surface area contributed by atoms with Gasteiger partial charge in [0.1, 0.15) is 0 Å². The number of nitrogens with two attached hydrogens (primary N) is 2. The number of aromatic nitrogens is 1. The molecule has 1 aliphatic rings. The number of hydrazine groups is 1. The van der Waals surface area contributed by atoms with Crippen molar-refractivity contribution in [3.05, 3.63) is 29.3 Å². The Morgan fingerprint density at radius 2 is 1.96 bits per heavy atom. The fourth-order valence-electron chi connectivity index (χ4n) is 2.55. The Balaban J connectivity index is 2.33. The molecule has 0 unspecified atom stereocenters. The van der Waals surface area contributed by atoms with Crippen molar-refractivity contribution in [3.8, 4) is 23.6 Å². The van der Waals surface area contributed by atoms with Crippen LogP contribution in [0.4, 0.5) is 13.2 Å². The van der Waals surface area contributed by atoms with Gasteiger partial charge in [0, 0.05) is 12.0 Å². The topological polar surface area (TPSA) is 133 Å². The molecule has 28 heavy (non-hydrogen) atoms. The van der Waals surface area contributed by atoms with E-state index in [0.29, 0.717) is 0 Å². The van der Waals surface area contributed by atoms with Gasteiger partial charge in [-0.2, -0.15) is 4.98 Å². The monoisotopic (exact) mass is 400 g/mol. The highest BCUT2D eigenvalue weighted by molar-refractivity contribution is 5.85. The second-order valence-corrected chi connectivity index (χ2v) is 5.95. The highest BCUT2D eigenvalue weighted by Gasteiger charge is 2.33. The lowest BCUT2D eigenvalue weighted by Gasteiger charge is -2.16. The van der Waals surface area contributed by atoms with Crippen LogP contribution in [0.15, 0.2) is 23.7 Å². The Morgan fingerprint density at radius 3 is 2.54 bits per heavy atom. The maximum atomic E-state index is 12.7. The molecule has 1 aromatic heterocycles. The molecule has 0 saturated heterocycles. The Hall–Kier alpha value is -3.13. The third-order valence-corrected chi connectivity index (χ3v) is 3.88. The van der Waals surface area contributed by atoms with Gasteiger partial charge < -0.3 is 20.3 Å². The predicted molar refractivity (Wildman–Crippen MR) is 91.2 cm³/mol. The first-order valence-electron chi connectivity index (χ1n) is 8.35. The van der Waals surface area contributed by atoms with E-state index in [4.69, 9.17) is 21.4 Å². The third-order valence-electron chi connectivity index (χ3n) is 3.88. The smallest absolute Gasteiger partial charge is 0.476 e. The second-order valence-electron chi connectivity index (χ2n) is 5.95. The zero-order valence-corrected chi connectivity index (χ0v) is 14.7. The molecule has 1 saturated carbocycles. The first-order valence-corrected chi connectivity index (χ1v) is 8.35. The van der Waals surface area contributed by atoms with Gasteiger partial charge in [-0.15, -0.1) is 13.2 Å². The van der Waals surface area contributed by atoms with Gasteiger partial charge >= 0.3 is 12.3 Å². The lowest BCUT2D eigenvalue weighted by Crippen LogP contribution is -2.31. The van der Waals surface area contributed by atoms with Crippen LogP contribution in [0.2, 0.25) is 0 Å². The highest BCUT2D eigenvalue weighted by atomic mass is 19.4. The van der Waals surface area contributed by atoms with Gasteiger partial charge in [-0.3, -0.25) is 5.43 Å². The Kier molecular flexibility index (Phi) is 6.94. The van der Waals surface area contributed by atoms with Gasteiger partial charge in [0.15, 0.2) is 5.70 Å². The zero-order valence-electron chi connectivity index (χ0n) is 14.7. The van der Waals surface area contributed by atoms with Crippen molar-refractivity contribution in [1.82, 2.24) is 10.4 Å². The summed E-state index contributed by atoms with van der Waals surface area (Å²) in [5, 5.41) is 8.84. The normalized spacial score (nSPS) is 15.7. The van der Waals surface area contributed by atoms with Crippen LogP contribution < -0.4 is 26.5 Å². The van der Waals surface area contributed by atoms with Crippen molar-refractivity contribution in [2.45, 2.75) is 38.5 Å². The molecule has 8 nitrogen and oxygen atoms in total. The summed E-state index contributed by atoms with van der Waals surface area (Å²) in [4.78, 5) is 14.5.